The monoisotopic (exact) mass is 401 g/mol. The molecule has 0 bridgehead atoms. The van der Waals surface area contributed by atoms with Crippen LogP contribution in [0.25, 0.3) is 0 Å². The van der Waals surface area contributed by atoms with Gasteiger partial charge in [-0.25, -0.2) is 4.68 Å². The van der Waals surface area contributed by atoms with Crippen molar-refractivity contribution in [2.75, 3.05) is 30.9 Å². The van der Waals surface area contributed by atoms with Gasteiger partial charge in [0.25, 0.3) is 0 Å². The zero-order valence-electron chi connectivity index (χ0n) is 18.8. The lowest BCUT2D eigenvalue weighted by molar-refractivity contribution is -0.779. The molecule has 2 rings (SSSR count). The van der Waals surface area contributed by atoms with Gasteiger partial charge in [0.15, 0.2) is 0 Å². The molecule has 0 atom stereocenters. The highest BCUT2D eigenvalue weighted by atomic mass is 16.5. The summed E-state index contributed by atoms with van der Waals surface area (Å²) in [5.74, 6) is 1.34. The van der Waals surface area contributed by atoms with E-state index in [2.05, 4.69) is 47.2 Å². The minimum Gasteiger partial charge on any atom is -0.492 e. The summed E-state index contributed by atoms with van der Waals surface area (Å²) in [5.41, 5.74) is 3.12. The van der Waals surface area contributed by atoms with Crippen LogP contribution in [0, 0.1) is 0 Å². The molecule has 1 N–H and O–H groups in total. The van der Waals surface area contributed by atoms with Crippen molar-refractivity contribution in [1.29, 1.82) is 0 Å². The average molecular weight is 402 g/mol. The van der Waals surface area contributed by atoms with Gasteiger partial charge in [-0.1, -0.05) is 6.92 Å². The van der Waals surface area contributed by atoms with Gasteiger partial charge in [0.1, 0.15) is 17.5 Å². The molecule has 0 fully saturated rings. The number of hydrogen-bond donors (Lipinski definition) is 1. The molecular weight excluding hydrogens is 368 g/mol. The van der Waals surface area contributed by atoms with Gasteiger partial charge in [-0.15, -0.1) is 4.68 Å². The Morgan fingerprint density at radius 2 is 1.97 bits per heavy atom. The van der Waals surface area contributed by atoms with Crippen LogP contribution in [0.4, 0.5) is 22.9 Å². The molecule has 0 saturated heterocycles. The lowest BCUT2D eigenvalue weighted by Crippen LogP contribution is -2.43. The molecule has 158 valence electrons. The summed E-state index contributed by atoms with van der Waals surface area (Å²) in [6, 6.07) is 3.92. The lowest BCUT2D eigenvalue weighted by atomic mass is 10.2. The molecule has 2 aromatic rings. The number of anilines is 2. The third-order valence-electron chi connectivity index (χ3n) is 4.48. The minimum atomic E-state index is -0.165. The standard InChI is InChI=1S/C21H32N6O2/c1-9-16-13-26(8)27(14(3)4)21(16)24-23-18-12-20(29-10-2)19(25(6)7)11-17(18)22-15(5)28/h11-14H,9-10H2,1-8H3/p+1. The maximum atomic E-state index is 11.7. The van der Waals surface area contributed by atoms with Crippen molar-refractivity contribution in [3.63, 3.8) is 0 Å². The van der Waals surface area contributed by atoms with E-state index in [1.54, 1.807) is 0 Å². The fourth-order valence-corrected chi connectivity index (χ4v) is 3.26. The van der Waals surface area contributed by atoms with Gasteiger partial charge in [0.05, 0.1) is 34.9 Å². The van der Waals surface area contributed by atoms with E-state index in [-0.39, 0.29) is 11.9 Å². The molecule has 0 aliphatic carbocycles. The first kappa shape index (κ1) is 22.4. The first-order valence-electron chi connectivity index (χ1n) is 9.97. The first-order chi connectivity index (χ1) is 13.7. The zero-order chi connectivity index (χ0) is 21.7. The third-order valence-corrected chi connectivity index (χ3v) is 4.48. The molecule has 8 nitrogen and oxygen atoms in total. The normalized spacial score (nSPS) is 11.3. The maximum Gasteiger partial charge on any atom is 0.374 e. The number of azo groups is 1. The van der Waals surface area contributed by atoms with E-state index in [4.69, 9.17) is 4.74 Å². The van der Waals surface area contributed by atoms with Crippen LogP contribution in [-0.2, 0) is 18.3 Å². The van der Waals surface area contributed by atoms with Crippen LogP contribution in [0.3, 0.4) is 0 Å². The van der Waals surface area contributed by atoms with Crippen molar-refractivity contribution in [1.82, 2.24) is 4.68 Å². The summed E-state index contributed by atoms with van der Waals surface area (Å²) in [7, 11) is 5.86. The highest BCUT2D eigenvalue weighted by Gasteiger charge is 2.24. The predicted octanol–water partition coefficient (Wildman–Crippen LogP) is 4.29. The number of nitrogens with zero attached hydrogens (tertiary/aromatic N) is 5. The Bertz CT molecular complexity index is 899. The Hall–Kier alpha value is -2.90. The molecule has 0 saturated carbocycles. The summed E-state index contributed by atoms with van der Waals surface area (Å²) >= 11 is 0. The van der Waals surface area contributed by atoms with Gasteiger partial charge in [0.2, 0.25) is 5.91 Å². The number of aryl methyl sites for hydroxylation is 2. The van der Waals surface area contributed by atoms with Crippen LogP contribution in [0.15, 0.2) is 28.6 Å². The summed E-state index contributed by atoms with van der Waals surface area (Å²) in [5, 5.41) is 12.0. The summed E-state index contributed by atoms with van der Waals surface area (Å²) in [4.78, 5) is 13.7. The number of amides is 1. The Morgan fingerprint density at radius 1 is 1.28 bits per heavy atom. The van der Waals surface area contributed by atoms with Crippen LogP contribution in [0.5, 0.6) is 5.75 Å². The third kappa shape index (κ3) is 5.13. The molecule has 1 aromatic carbocycles. The van der Waals surface area contributed by atoms with Crippen molar-refractivity contribution in [2.24, 2.45) is 17.3 Å². The molecule has 1 amide bonds. The van der Waals surface area contributed by atoms with E-state index < -0.39 is 0 Å². The second-order valence-corrected chi connectivity index (χ2v) is 7.39. The van der Waals surface area contributed by atoms with E-state index in [1.165, 1.54) is 6.92 Å². The minimum absolute atomic E-state index is 0.165. The number of carbonyl (C=O) groups excluding carboxylic acids is 1. The van der Waals surface area contributed by atoms with Crippen molar-refractivity contribution in [3.05, 3.63) is 23.9 Å². The topological polar surface area (TPSA) is 75.1 Å². The second kappa shape index (κ2) is 9.54. The van der Waals surface area contributed by atoms with Gasteiger partial charge in [0, 0.05) is 34.1 Å². The molecule has 0 radical (unpaired) electrons. The van der Waals surface area contributed by atoms with Gasteiger partial charge in [-0.05, 0) is 38.4 Å². The van der Waals surface area contributed by atoms with Gasteiger partial charge in [-0.2, -0.15) is 0 Å². The van der Waals surface area contributed by atoms with Crippen molar-refractivity contribution in [2.45, 2.75) is 47.1 Å². The number of carbonyl (C=O) groups is 1. The number of aromatic nitrogens is 2. The second-order valence-electron chi connectivity index (χ2n) is 7.39. The number of nitrogens with one attached hydrogen (secondary N) is 1. The van der Waals surface area contributed by atoms with Crippen LogP contribution in [0.2, 0.25) is 0 Å². The SMILES string of the molecule is CCOc1cc(N=Nc2c(CC)cn(C)[n+]2C(C)C)c(NC(C)=O)cc1N(C)C. The van der Waals surface area contributed by atoms with Crippen molar-refractivity contribution in [3.8, 4) is 5.75 Å². The molecule has 8 heteroatoms. The number of hydrogen-bond acceptors (Lipinski definition) is 5. The Labute approximate surface area is 173 Å². The maximum absolute atomic E-state index is 11.7. The summed E-state index contributed by atoms with van der Waals surface area (Å²) < 4.78 is 9.93. The fraction of sp³-hybridized carbons (Fsp3) is 0.524. The largest absolute Gasteiger partial charge is 0.492 e. The zero-order valence-corrected chi connectivity index (χ0v) is 18.8. The highest BCUT2D eigenvalue weighted by molar-refractivity contribution is 5.93. The predicted molar refractivity (Wildman–Crippen MR) is 116 cm³/mol. The summed E-state index contributed by atoms with van der Waals surface area (Å²) in [6.45, 7) is 10.3. The van der Waals surface area contributed by atoms with Crippen molar-refractivity contribution >= 4 is 28.8 Å². The number of benzene rings is 1. The first-order valence-corrected chi connectivity index (χ1v) is 9.97. The van der Waals surface area contributed by atoms with Crippen molar-refractivity contribution < 1.29 is 14.2 Å². The molecular formula is C21H33N6O2+. The van der Waals surface area contributed by atoms with Crippen LogP contribution in [-0.4, -0.2) is 31.3 Å². The van der Waals surface area contributed by atoms with Crippen LogP contribution in [0.1, 0.15) is 46.2 Å². The smallest absolute Gasteiger partial charge is 0.374 e. The van der Waals surface area contributed by atoms with Crippen LogP contribution < -0.4 is 19.6 Å². The Kier molecular flexibility index (Phi) is 7.36. The Balaban J connectivity index is 2.61. The molecule has 1 heterocycles. The van der Waals surface area contributed by atoms with E-state index in [0.717, 1.165) is 23.5 Å². The Morgan fingerprint density at radius 3 is 2.48 bits per heavy atom. The lowest BCUT2D eigenvalue weighted by Gasteiger charge is -2.19. The van der Waals surface area contributed by atoms with Crippen LogP contribution >= 0.6 is 0 Å². The molecule has 0 aliphatic heterocycles. The van der Waals surface area contributed by atoms with E-state index >= 15 is 0 Å². The van der Waals surface area contributed by atoms with Gasteiger partial charge < -0.3 is 15.0 Å². The summed E-state index contributed by atoms with van der Waals surface area (Å²) in [6.07, 6.45) is 2.92. The number of rotatable bonds is 8. The average Bonchev–Trinajstić information content (AvgIpc) is 2.96. The number of ether oxygens (including phenoxy) is 1. The van der Waals surface area contributed by atoms with E-state index in [0.29, 0.717) is 23.7 Å². The molecule has 1 aromatic heterocycles. The molecule has 0 unspecified atom stereocenters. The molecule has 29 heavy (non-hydrogen) atoms. The molecule has 0 aliphatic rings. The van der Waals surface area contributed by atoms with E-state index in [1.807, 2.05) is 49.8 Å². The van der Waals surface area contributed by atoms with Gasteiger partial charge in [-0.3, -0.25) is 4.79 Å². The highest BCUT2D eigenvalue weighted by Crippen LogP contribution is 2.39. The fourth-order valence-electron chi connectivity index (χ4n) is 3.26. The quantitative estimate of drug-likeness (QED) is 0.529. The van der Waals surface area contributed by atoms with E-state index in [9.17, 15) is 4.79 Å². The van der Waals surface area contributed by atoms with Gasteiger partial charge >= 0.3 is 5.82 Å². The molecule has 0 spiro atoms.